The number of rotatable bonds is 3. The Labute approximate surface area is 66.0 Å². The number of nitrogens with two attached hydrogens (primary N) is 1. The fourth-order valence-corrected chi connectivity index (χ4v) is 0.893. The SMILES string of the molecule is Cl.NC(CC(=O)O)C1CC1. The molecular formula is C6H12ClNO2. The third-order valence-corrected chi connectivity index (χ3v) is 1.64. The first-order valence-electron chi connectivity index (χ1n) is 3.17. The molecule has 60 valence electrons. The molecule has 3 N–H and O–H groups in total. The third kappa shape index (κ3) is 3.03. The summed E-state index contributed by atoms with van der Waals surface area (Å²) in [5.41, 5.74) is 5.50. The third-order valence-electron chi connectivity index (χ3n) is 1.64. The van der Waals surface area contributed by atoms with Crippen LogP contribution < -0.4 is 5.73 Å². The molecule has 10 heavy (non-hydrogen) atoms. The van der Waals surface area contributed by atoms with E-state index in [1.807, 2.05) is 0 Å². The van der Waals surface area contributed by atoms with Crippen molar-refractivity contribution >= 4 is 18.4 Å². The van der Waals surface area contributed by atoms with E-state index in [1.54, 1.807) is 0 Å². The summed E-state index contributed by atoms with van der Waals surface area (Å²) in [7, 11) is 0. The van der Waals surface area contributed by atoms with Crippen molar-refractivity contribution < 1.29 is 9.90 Å². The molecule has 1 unspecified atom stereocenters. The maximum absolute atomic E-state index is 10.1. The molecule has 3 nitrogen and oxygen atoms in total. The first-order valence-corrected chi connectivity index (χ1v) is 3.17. The molecule has 0 aromatic heterocycles. The Bertz CT molecular complexity index is 125. The van der Waals surface area contributed by atoms with Gasteiger partial charge in [-0.15, -0.1) is 12.4 Å². The van der Waals surface area contributed by atoms with E-state index < -0.39 is 5.97 Å². The highest BCUT2D eigenvalue weighted by Crippen LogP contribution is 2.32. The first-order chi connectivity index (χ1) is 4.20. The van der Waals surface area contributed by atoms with Gasteiger partial charge in [0.1, 0.15) is 0 Å². The maximum Gasteiger partial charge on any atom is 0.304 e. The molecule has 0 radical (unpaired) electrons. The number of halogens is 1. The van der Waals surface area contributed by atoms with Crippen molar-refractivity contribution in [1.29, 1.82) is 0 Å². The van der Waals surface area contributed by atoms with E-state index in [0.717, 1.165) is 12.8 Å². The molecule has 0 amide bonds. The van der Waals surface area contributed by atoms with Crippen molar-refractivity contribution in [2.75, 3.05) is 0 Å². The van der Waals surface area contributed by atoms with Crippen LogP contribution in [0.15, 0.2) is 0 Å². The molecule has 1 rings (SSSR count). The van der Waals surface area contributed by atoms with Gasteiger partial charge in [0.25, 0.3) is 0 Å². The standard InChI is InChI=1S/C6H11NO2.ClH/c7-5(3-6(8)9)4-1-2-4;/h4-5H,1-3,7H2,(H,8,9);1H. The number of hydrogen-bond donors (Lipinski definition) is 2. The van der Waals surface area contributed by atoms with E-state index in [4.69, 9.17) is 10.8 Å². The number of hydrogen-bond acceptors (Lipinski definition) is 2. The summed E-state index contributed by atoms with van der Waals surface area (Å²) in [5, 5.41) is 8.28. The molecular weight excluding hydrogens is 154 g/mol. The lowest BCUT2D eigenvalue weighted by Crippen LogP contribution is -2.25. The van der Waals surface area contributed by atoms with Crippen LogP contribution in [0.5, 0.6) is 0 Å². The van der Waals surface area contributed by atoms with Crippen LogP contribution in [0.2, 0.25) is 0 Å². The smallest absolute Gasteiger partial charge is 0.304 e. The maximum atomic E-state index is 10.1. The van der Waals surface area contributed by atoms with Crippen LogP contribution in [0, 0.1) is 5.92 Å². The van der Waals surface area contributed by atoms with E-state index in [-0.39, 0.29) is 24.9 Å². The zero-order chi connectivity index (χ0) is 6.85. The van der Waals surface area contributed by atoms with Gasteiger partial charge in [-0.1, -0.05) is 0 Å². The predicted octanol–water partition coefficient (Wildman–Crippen LogP) is 0.620. The van der Waals surface area contributed by atoms with Crippen molar-refractivity contribution in [1.82, 2.24) is 0 Å². The van der Waals surface area contributed by atoms with Crippen LogP contribution >= 0.6 is 12.4 Å². The van der Waals surface area contributed by atoms with Crippen molar-refractivity contribution in [3.8, 4) is 0 Å². The molecule has 0 aliphatic heterocycles. The molecule has 1 saturated carbocycles. The van der Waals surface area contributed by atoms with Gasteiger partial charge in [0.15, 0.2) is 0 Å². The Morgan fingerprint density at radius 1 is 1.70 bits per heavy atom. The number of carboxylic acids is 1. The number of aliphatic carboxylic acids is 1. The zero-order valence-corrected chi connectivity index (χ0v) is 6.43. The molecule has 1 fully saturated rings. The summed E-state index contributed by atoms with van der Waals surface area (Å²) >= 11 is 0. The molecule has 0 heterocycles. The molecule has 0 saturated heterocycles. The minimum absolute atomic E-state index is 0. The van der Waals surface area contributed by atoms with E-state index in [1.165, 1.54) is 0 Å². The largest absolute Gasteiger partial charge is 0.481 e. The second-order valence-electron chi connectivity index (χ2n) is 2.60. The summed E-state index contributed by atoms with van der Waals surface area (Å²) in [4.78, 5) is 10.1. The van der Waals surface area contributed by atoms with E-state index >= 15 is 0 Å². The van der Waals surface area contributed by atoms with Gasteiger partial charge in [-0.05, 0) is 18.8 Å². The summed E-state index contributed by atoms with van der Waals surface area (Å²) in [6, 6.07) is -0.0949. The summed E-state index contributed by atoms with van der Waals surface area (Å²) < 4.78 is 0. The Balaban J connectivity index is 0.000000810. The molecule has 1 aliphatic carbocycles. The van der Waals surface area contributed by atoms with Crippen LogP contribution in [0.1, 0.15) is 19.3 Å². The lowest BCUT2D eigenvalue weighted by molar-refractivity contribution is -0.137. The van der Waals surface area contributed by atoms with Gasteiger partial charge in [-0.25, -0.2) is 0 Å². The highest BCUT2D eigenvalue weighted by molar-refractivity contribution is 5.85. The Kier molecular flexibility index (Phi) is 3.68. The molecule has 4 heteroatoms. The van der Waals surface area contributed by atoms with Crippen LogP contribution in [0.4, 0.5) is 0 Å². The topological polar surface area (TPSA) is 63.3 Å². The molecule has 0 bridgehead atoms. The average molecular weight is 166 g/mol. The minimum Gasteiger partial charge on any atom is -0.481 e. The molecule has 1 aliphatic rings. The fourth-order valence-electron chi connectivity index (χ4n) is 0.893. The summed E-state index contributed by atoms with van der Waals surface area (Å²) in [5.74, 6) is -0.282. The summed E-state index contributed by atoms with van der Waals surface area (Å²) in [6.07, 6.45) is 2.37. The van der Waals surface area contributed by atoms with Gasteiger partial charge < -0.3 is 10.8 Å². The Morgan fingerprint density at radius 2 is 2.20 bits per heavy atom. The number of carboxylic acid groups (broad SMARTS) is 1. The average Bonchev–Trinajstić information content (AvgIpc) is 2.40. The summed E-state index contributed by atoms with van der Waals surface area (Å²) in [6.45, 7) is 0. The highest BCUT2D eigenvalue weighted by atomic mass is 35.5. The Hall–Kier alpha value is -0.280. The normalized spacial score (nSPS) is 19.3. The lowest BCUT2D eigenvalue weighted by atomic mass is 10.1. The molecule has 0 aromatic carbocycles. The van der Waals surface area contributed by atoms with Crippen molar-refractivity contribution in [3.63, 3.8) is 0 Å². The van der Waals surface area contributed by atoms with Gasteiger partial charge in [0, 0.05) is 6.04 Å². The van der Waals surface area contributed by atoms with Gasteiger partial charge in [0.2, 0.25) is 0 Å². The van der Waals surface area contributed by atoms with Crippen LogP contribution in [-0.2, 0) is 4.79 Å². The van der Waals surface area contributed by atoms with Crippen LogP contribution in [-0.4, -0.2) is 17.1 Å². The van der Waals surface area contributed by atoms with Crippen molar-refractivity contribution in [3.05, 3.63) is 0 Å². The zero-order valence-electron chi connectivity index (χ0n) is 5.62. The highest BCUT2D eigenvalue weighted by Gasteiger charge is 2.29. The second-order valence-corrected chi connectivity index (χ2v) is 2.60. The monoisotopic (exact) mass is 165 g/mol. The van der Waals surface area contributed by atoms with Gasteiger partial charge in [-0.3, -0.25) is 4.79 Å². The van der Waals surface area contributed by atoms with Crippen LogP contribution in [0.3, 0.4) is 0 Å². The molecule has 0 spiro atoms. The molecule has 1 atom stereocenters. The lowest BCUT2D eigenvalue weighted by Gasteiger charge is -2.03. The first kappa shape index (κ1) is 9.72. The van der Waals surface area contributed by atoms with E-state index in [9.17, 15) is 4.79 Å². The van der Waals surface area contributed by atoms with Crippen molar-refractivity contribution in [2.24, 2.45) is 11.7 Å². The number of carbonyl (C=O) groups is 1. The van der Waals surface area contributed by atoms with Crippen LogP contribution in [0.25, 0.3) is 0 Å². The van der Waals surface area contributed by atoms with E-state index in [2.05, 4.69) is 0 Å². The minimum atomic E-state index is -0.783. The quantitative estimate of drug-likeness (QED) is 0.645. The Morgan fingerprint density at radius 3 is 2.50 bits per heavy atom. The second kappa shape index (κ2) is 3.78. The predicted molar refractivity (Wildman–Crippen MR) is 40.2 cm³/mol. The van der Waals surface area contributed by atoms with Crippen molar-refractivity contribution in [2.45, 2.75) is 25.3 Å². The van der Waals surface area contributed by atoms with Gasteiger partial charge in [-0.2, -0.15) is 0 Å². The fraction of sp³-hybridized carbons (Fsp3) is 0.833. The van der Waals surface area contributed by atoms with Gasteiger partial charge >= 0.3 is 5.97 Å². The van der Waals surface area contributed by atoms with E-state index in [0.29, 0.717) is 5.92 Å². The van der Waals surface area contributed by atoms with Gasteiger partial charge in [0.05, 0.1) is 6.42 Å². The molecule has 0 aromatic rings.